The lowest BCUT2D eigenvalue weighted by Gasteiger charge is -2.17. The number of aliphatic hydroxyl groups is 1. The van der Waals surface area contributed by atoms with E-state index in [1.807, 2.05) is 29.9 Å². The molecule has 2 aromatic heterocycles. The van der Waals surface area contributed by atoms with E-state index in [4.69, 9.17) is 0 Å². The van der Waals surface area contributed by atoms with Crippen LogP contribution in [0.1, 0.15) is 30.3 Å². The van der Waals surface area contributed by atoms with E-state index in [2.05, 4.69) is 20.7 Å². The highest BCUT2D eigenvalue weighted by Crippen LogP contribution is 2.28. The van der Waals surface area contributed by atoms with Gasteiger partial charge in [-0.15, -0.1) is 0 Å². The lowest BCUT2D eigenvalue weighted by atomic mass is 10.1. The maximum absolute atomic E-state index is 12.5. The van der Waals surface area contributed by atoms with Gasteiger partial charge in [0.25, 0.3) is 5.91 Å². The van der Waals surface area contributed by atoms with Crippen LogP contribution in [-0.2, 0) is 6.54 Å². The van der Waals surface area contributed by atoms with Gasteiger partial charge in [-0.1, -0.05) is 0 Å². The Morgan fingerprint density at radius 3 is 3.00 bits per heavy atom. The Kier molecular flexibility index (Phi) is 5.10. The third-order valence-corrected chi connectivity index (χ3v) is 4.34. The Morgan fingerprint density at radius 2 is 2.25 bits per heavy atom. The zero-order valence-electron chi connectivity index (χ0n) is 13.7. The highest BCUT2D eigenvalue weighted by atomic mass is 16.3. The lowest BCUT2D eigenvalue weighted by Crippen LogP contribution is -2.40. The molecule has 2 heterocycles. The van der Waals surface area contributed by atoms with Crippen LogP contribution in [0.2, 0.25) is 0 Å². The van der Waals surface area contributed by atoms with Crippen LogP contribution >= 0.6 is 0 Å². The Bertz CT molecular complexity index is 673. The number of aliphatic hydroxyl groups excluding tert-OH is 1. The molecule has 1 saturated carbocycles. The van der Waals surface area contributed by atoms with Crippen LogP contribution < -0.4 is 10.6 Å². The molecule has 1 unspecified atom stereocenters. The molecule has 1 aliphatic rings. The van der Waals surface area contributed by atoms with Gasteiger partial charge in [-0.05, 0) is 43.9 Å². The fourth-order valence-electron chi connectivity index (χ4n) is 3.25. The molecule has 24 heavy (non-hydrogen) atoms. The van der Waals surface area contributed by atoms with Crippen molar-refractivity contribution in [3.63, 3.8) is 0 Å². The second-order valence-corrected chi connectivity index (χ2v) is 6.14. The molecular weight excluding hydrogens is 306 g/mol. The predicted octanol–water partition coefficient (Wildman–Crippen LogP) is 1.28. The van der Waals surface area contributed by atoms with Gasteiger partial charge in [0.15, 0.2) is 5.69 Å². The van der Waals surface area contributed by atoms with E-state index >= 15 is 0 Å². The molecular formula is C17H23N5O2. The second-order valence-electron chi connectivity index (χ2n) is 6.14. The summed E-state index contributed by atoms with van der Waals surface area (Å²) in [6.45, 7) is 3.43. The van der Waals surface area contributed by atoms with Gasteiger partial charge >= 0.3 is 0 Å². The normalized spacial score (nSPS) is 23.2. The number of hydrogen-bond acceptors (Lipinski definition) is 5. The van der Waals surface area contributed by atoms with E-state index in [1.165, 1.54) is 0 Å². The van der Waals surface area contributed by atoms with Crippen molar-refractivity contribution in [3.8, 4) is 0 Å². The quantitative estimate of drug-likeness (QED) is 0.742. The van der Waals surface area contributed by atoms with E-state index in [0.29, 0.717) is 30.3 Å². The standard InChI is InChI=1S/C17H23N5O2/c1-2-18-13-5-3-6-19-16(13)17(24)21-14-9-12(10-15(14)23)11-22-8-4-7-20-22/h3-8,12,14-15,18,23H,2,9-11H2,1H3,(H,21,24)/t12?,14-,15-/m1/s1. The van der Waals surface area contributed by atoms with Gasteiger partial charge in [0.1, 0.15) is 0 Å². The number of hydrogen-bond donors (Lipinski definition) is 3. The van der Waals surface area contributed by atoms with Crippen molar-refractivity contribution in [1.29, 1.82) is 0 Å². The first-order valence-corrected chi connectivity index (χ1v) is 8.32. The summed E-state index contributed by atoms with van der Waals surface area (Å²) in [6, 6.07) is 5.25. The number of nitrogens with one attached hydrogen (secondary N) is 2. The summed E-state index contributed by atoms with van der Waals surface area (Å²) >= 11 is 0. The summed E-state index contributed by atoms with van der Waals surface area (Å²) in [5.41, 5.74) is 1.07. The molecule has 0 aromatic carbocycles. The molecule has 1 fully saturated rings. The monoisotopic (exact) mass is 329 g/mol. The summed E-state index contributed by atoms with van der Waals surface area (Å²) in [7, 11) is 0. The fraction of sp³-hybridized carbons (Fsp3) is 0.471. The number of nitrogens with zero attached hydrogens (tertiary/aromatic N) is 3. The number of aromatic nitrogens is 3. The molecule has 1 aliphatic carbocycles. The van der Waals surface area contributed by atoms with Crippen molar-refractivity contribution in [2.75, 3.05) is 11.9 Å². The van der Waals surface area contributed by atoms with E-state index in [0.717, 1.165) is 13.0 Å². The minimum atomic E-state index is -0.541. The number of rotatable bonds is 6. The summed E-state index contributed by atoms with van der Waals surface area (Å²) in [5.74, 6) is 0.0394. The van der Waals surface area contributed by atoms with Crippen molar-refractivity contribution >= 4 is 11.6 Å². The Hall–Kier alpha value is -2.41. The molecule has 0 saturated heterocycles. The van der Waals surface area contributed by atoms with Gasteiger partial charge in [0.2, 0.25) is 0 Å². The third-order valence-electron chi connectivity index (χ3n) is 4.34. The molecule has 0 aliphatic heterocycles. The van der Waals surface area contributed by atoms with E-state index < -0.39 is 6.10 Å². The van der Waals surface area contributed by atoms with Crippen molar-refractivity contribution in [1.82, 2.24) is 20.1 Å². The third kappa shape index (κ3) is 3.73. The molecule has 0 spiro atoms. The van der Waals surface area contributed by atoms with Crippen molar-refractivity contribution < 1.29 is 9.90 Å². The van der Waals surface area contributed by atoms with Gasteiger partial charge in [-0.3, -0.25) is 9.48 Å². The average Bonchev–Trinajstić information content (AvgIpc) is 3.19. The maximum atomic E-state index is 12.5. The molecule has 3 rings (SSSR count). The second kappa shape index (κ2) is 7.44. The predicted molar refractivity (Wildman–Crippen MR) is 90.6 cm³/mol. The highest BCUT2D eigenvalue weighted by molar-refractivity contribution is 5.97. The van der Waals surface area contributed by atoms with Gasteiger partial charge in [0, 0.05) is 31.7 Å². The van der Waals surface area contributed by atoms with Crippen LogP contribution in [0.15, 0.2) is 36.8 Å². The van der Waals surface area contributed by atoms with Gasteiger partial charge in [0.05, 0.1) is 17.8 Å². The fourth-order valence-corrected chi connectivity index (χ4v) is 3.25. The summed E-state index contributed by atoms with van der Waals surface area (Å²) in [6.07, 6.45) is 6.11. The van der Waals surface area contributed by atoms with Crippen LogP contribution in [-0.4, -0.2) is 44.5 Å². The largest absolute Gasteiger partial charge is 0.391 e. The Balaban J connectivity index is 1.62. The van der Waals surface area contributed by atoms with Crippen molar-refractivity contribution in [3.05, 3.63) is 42.5 Å². The van der Waals surface area contributed by atoms with Gasteiger partial charge < -0.3 is 15.7 Å². The number of carbonyl (C=O) groups excluding carboxylic acids is 1. The molecule has 128 valence electrons. The van der Waals surface area contributed by atoms with Crippen LogP contribution in [0.3, 0.4) is 0 Å². The summed E-state index contributed by atoms with van der Waals surface area (Å²) in [4.78, 5) is 16.7. The molecule has 3 atom stereocenters. The summed E-state index contributed by atoms with van der Waals surface area (Å²) in [5, 5.41) is 20.5. The zero-order chi connectivity index (χ0) is 16.9. The SMILES string of the molecule is CCNc1cccnc1C(=O)N[C@@H]1CC(Cn2cccn2)C[C@H]1O. The topological polar surface area (TPSA) is 92.1 Å². The first kappa shape index (κ1) is 16.4. The first-order chi connectivity index (χ1) is 11.7. The molecule has 7 nitrogen and oxygen atoms in total. The average molecular weight is 329 g/mol. The van der Waals surface area contributed by atoms with E-state index in [9.17, 15) is 9.90 Å². The van der Waals surface area contributed by atoms with Crippen molar-refractivity contribution in [2.24, 2.45) is 5.92 Å². The lowest BCUT2D eigenvalue weighted by molar-refractivity contribution is 0.0869. The van der Waals surface area contributed by atoms with Crippen LogP contribution in [0.5, 0.6) is 0 Å². The molecule has 1 amide bonds. The number of anilines is 1. The van der Waals surface area contributed by atoms with Crippen LogP contribution in [0.4, 0.5) is 5.69 Å². The van der Waals surface area contributed by atoms with Crippen LogP contribution in [0, 0.1) is 5.92 Å². The first-order valence-electron chi connectivity index (χ1n) is 8.32. The molecule has 0 radical (unpaired) electrons. The van der Waals surface area contributed by atoms with Gasteiger partial charge in [-0.2, -0.15) is 5.10 Å². The Labute approximate surface area is 141 Å². The van der Waals surface area contributed by atoms with Gasteiger partial charge in [-0.25, -0.2) is 4.98 Å². The minimum Gasteiger partial charge on any atom is -0.391 e. The minimum absolute atomic E-state index is 0.254. The van der Waals surface area contributed by atoms with Crippen LogP contribution in [0.25, 0.3) is 0 Å². The van der Waals surface area contributed by atoms with Crippen molar-refractivity contribution in [2.45, 2.75) is 38.5 Å². The van der Waals surface area contributed by atoms with E-state index in [-0.39, 0.29) is 11.9 Å². The molecule has 7 heteroatoms. The highest BCUT2D eigenvalue weighted by Gasteiger charge is 2.34. The zero-order valence-corrected chi connectivity index (χ0v) is 13.7. The Morgan fingerprint density at radius 1 is 1.38 bits per heavy atom. The van der Waals surface area contributed by atoms with E-state index in [1.54, 1.807) is 18.5 Å². The molecule has 3 N–H and O–H groups in total. The summed E-state index contributed by atoms with van der Waals surface area (Å²) < 4.78 is 1.86. The number of carbonyl (C=O) groups is 1. The smallest absolute Gasteiger partial charge is 0.272 e. The molecule has 2 aromatic rings. The maximum Gasteiger partial charge on any atom is 0.272 e. The molecule has 0 bridgehead atoms. The number of amides is 1. The number of pyridine rings is 1.